The zero-order chi connectivity index (χ0) is 73.4. The number of hydrogen-bond donors (Lipinski definition) is 3. The van der Waals surface area contributed by atoms with Crippen LogP contribution in [-0.2, 0) is 65.4 Å². The smallest absolute Gasteiger partial charge is 0.462 e. The molecule has 17 nitrogen and oxygen atoms in total. The molecule has 0 heterocycles. The Morgan fingerprint density at radius 2 is 0.460 bits per heavy atom. The minimum atomic E-state index is -4.96. The molecule has 0 spiro atoms. The summed E-state index contributed by atoms with van der Waals surface area (Å²) in [6.45, 7) is 7.27. The molecule has 0 aliphatic rings. The summed E-state index contributed by atoms with van der Waals surface area (Å²) in [5.74, 6) is -1.40. The lowest BCUT2D eigenvalue weighted by molar-refractivity contribution is -0.161. The van der Waals surface area contributed by atoms with Gasteiger partial charge in [0.25, 0.3) is 0 Å². The van der Waals surface area contributed by atoms with Crippen molar-refractivity contribution in [1.29, 1.82) is 0 Å². The van der Waals surface area contributed by atoms with Crippen molar-refractivity contribution in [3.8, 4) is 0 Å². The number of rotatable bonds is 81. The maximum atomic E-state index is 13.1. The quantitative estimate of drug-likeness (QED) is 0.0222. The largest absolute Gasteiger partial charge is 0.472 e. The first-order chi connectivity index (χ1) is 48.5. The number of phosphoric ester groups is 2. The lowest BCUT2D eigenvalue weighted by Gasteiger charge is -2.21. The standard InChI is InChI=1S/C81H158O17P2/c1-6-9-12-15-18-21-24-27-30-31-32-33-34-35-36-37-40-43-46-51-57-62-67-80(85)97-76(70-91-78(83)64-59-54-49-44-41-38-28-25-22-19-16-13-10-7-2)72-95-99(87,88)93-68-75(82)69-94-100(89,90)96-73-77(71-92-79(84)65-60-55-52-47-48-53-58-63-74(4)5)98-81(86)66-61-56-50-45-42-39-29-26-23-20-17-14-11-8-3/h74-77,82H,6-73H2,1-5H3,(H,87,88)(H,89,90)/t75-,76-,77-/m1/s1. The first-order valence-corrected chi connectivity index (χ1v) is 45.1. The molecule has 0 rings (SSSR count). The minimum absolute atomic E-state index is 0.108. The summed E-state index contributed by atoms with van der Waals surface area (Å²) in [5, 5.41) is 10.6. The fourth-order valence-corrected chi connectivity index (χ4v) is 14.2. The molecule has 0 aliphatic heterocycles. The highest BCUT2D eigenvalue weighted by molar-refractivity contribution is 7.47. The van der Waals surface area contributed by atoms with Gasteiger partial charge in [-0.3, -0.25) is 37.3 Å². The number of unbranched alkanes of at least 4 members (excludes halogenated alkanes) is 53. The van der Waals surface area contributed by atoms with E-state index in [1.54, 1.807) is 0 Å². The molecule has 0 saturated heterocycles. The van der Waals surface area contributed by atoms with Gasteiger partial charge in [-0.25, -0.2) is 9.13 Å². The van der Waals surface area contributed by atoms with Crippen molar-refractivity contribution >= 4 is 39.5 Å². The van der Waals surface area contributed by atoms with E-state index < -0.39 is 97.5 Å². The molecule has 3 N–H and O–H groups in total. The van der Waals surface area contributed by atoms with E-state index in [4.69, 9.17) is 37.0 Å². The first-order valence-electron chi connectivity index (χ1n) is 42.1. The highest BCUT2D eigenvalue weighted by Gasteiger charge is 2.30. The molecule has 0 aromatic carbocycles. The van der Waals surface area contributed by atoms with Crippen LogP contribution in [-0.4, -0.2) is 96.7 Å². The molecule has 0 amide bonds. The summed E-state index contributed by atoms with van der Waals surface area (Å²) >= 11 is 0. The molecule has 0 bridgehead atoms. The van der Waals surface area contributed by atoms with E-state index in [1.165, 1.54) is 250 Å². The minimum Gasteiger partial charge on any atom is -0.462 e. The second kappa shape index (κ2) is 73.9. The van der Waals surface area contributed by atoms with Crippen molar-refractivity contribution in [2.45, 2.75) is 451 Å². The lowest BCUT2D eigenvalue weighted by Crippen LogP contribution is -2.30. The molecule has 19 heteroatoms. The van der Waals surface area contributed by atoms with E-state index in [2.05, 4.69) is 34.6 Å². The van der Waals surface area contributed by atoms with E-state index in [0.29, 0.717) is 31.6 Å². The average molecular weight is 1470 g/mol. The Balaban J connectivity index is 5.20. The predicted molar refractivity (Wildman–Crippen MR) is 409 cm³/mol. The summed E-state index contributed by atoms with van der Waals surface area (Å²) in [6, 6.07) is 0. The molecular weight excluding hydrogens is 1310 g/mol. The van der Waals surface area contributed by atoms with Crippen molar-refractivity contribution in [3.63, 3.8) is 0 Å². The number of ether oxygens (including phenoxy) is 4. The molecule has 0 aliphatic carbocycles. The maximum absolute atomic E-state index is 13.1. The topological polar surface area (TPSA) is 237 Å². The summed E-state index contributed by atoms with van der Waals surface area (Å²) in [5.41, 5.74) is 0. The number of esters is 4. The molecule has 0 fully saturated rings. The fraction of sp³-hybridized carbons (Fsp3) is 0.951. The van der Waals surface area contributed by atoms with Crippen LogP contribution in [0.1, 0.15) is 433 Å². The van der Waals surface area contributed by atoms with Crippen LogP contribution in [0.5, 0.6) is 0 Å². The summed E-state index contributed by atoms with van der Waals surface area (Å²) in [7, 11) is -9.92. The molecule has 594 valence electrons. The zero-order valence-corrected chi connectivity index (χ0v) is 67.1. The molecular formula is C81H158O17P2. The van der Waals surface area contributed by atoms with Gasteiger partial charge in [-0.15, -0.1) is 0 Å². The number of hydrogen-bond acceptors (Lipinski definition) is 15. The Labute approximate surface area is 613 Å². The normalized spacial score (nSPS) is 13.8. The van der Waals surface area contributed by atoms with Crippen LogP contribution in [0.2, 0.25) is 0 Å². The number of aliphatic hydroxyl groups is 1. The second-order valence-corrected chi connectivity index (χ2v) is 32.5. The van der Waals surface area contributed by atoms with E-state index in [1.807, 2.05) is 0 Å². The Morgan fingerprint density at radius 3 is 0.680 bits per heavy atom. The Kier molecular flexibility index (Phi) is 72.5. The van der Waals surface area contributed by atoms with Gasteiger partial charge in [0.15, 0.2) is 12.2 Å². The number of carbonyl (C=O) groups excluding carboxylic acids is 4. The third kappa shape index (κ3) is 74.3. The molecule has 2 unspecified atom stereocenters. The van der Waals surface area contributed by atoms with Crippen molar-refractivity contribution in [3.05, 3.63) is 0 Å². The van der Waals surface area contributed by atoms with Gasteiger partial charge in [-0.1, -0.05) is 381 Å². The van der Waals surface area contributed by atoms with Gasteiger partial charge in [0, 0.05) is 25.7 Å². The van der Waals surface area contributed by atoms with Crippen molar-refractivity contribution < 1.29 is 80.2 Å². The number of carbonyl (C=O) groups is 4. The maximum Gasteiger partial charge on any atom is 0.472 e. The zero-order valence-electron chi connectivity index (χ0n) is 65.3. The predicted octanol–water partition coefficient (Wildman–Crippen LogP) is 24.4. The van der Waals surface area contributed by atoms with Gasteiger partial charge in [0.2, 0.25) is 0 Å². The van der Waals surface area contributed by atoms with Crippen LogP contribution in [0.4, 0.5) is 0 Å². The summed E-state index contributed by atoms with van der Waals surface area (Å²) in [4.78, 5) is 73.0. The molecule has 0 saturated carbocycles. The van der Waals surface area contributed by atoms with Crippen LogP contribution < -0.4 is 0 Å². The highest BCUT2D eigenvalue weighted by atomic mass is 31.2. The van der Waals surface area contributed by atoms with E-state index in [9.17, 15) is 43.2 Å². The van der Waals surface area contributed by atoms with Gasteiger partial charge < -0.3 is 33.8 Å². The SMILES string of the molecule is CCCCCCCCCCCCCCCCCCCCCCCCC(=O)O[C@H](COC(=O)CCCCCCCCCCCCCCCC)COP(=O)(O)OC[C@@H](O)COP(=O)(O)OC[C@@H](COC(=O)CCCCCCCCCC(C)C)OC(=O)CCCCCCCCCCCCCCCC. The molecule has 100 heavy (non-hydrogen) atoms. The first kappa shape index (κ1) is 98.1. The third-order valence-corrected chi connectivity index (χ3v) is 20.9. The van der Waals surface area contributed by atoms with Gasteiger partial charge in [-0.05, 0) is 31.6 Å². The van der Waals surface area contributed by atoms with Gasteiger partial charge in [0.05, 0.1) is 26.4 Å². The Hall–Kier alpha value is -1.94. The van der Waals surface area contributed by atoms with E-state index in [0.717, 1.165) is 96.3 Å². The van der Waals surface area contributed by atoms with Crippen LogP contribution in [0, 0.1) is 5.92 Å². The van der Waals surface area contributed by atoms with Crippen LogP contribution >= 0.6 is 15.6 Å². The summed E-state index contributed by atoms with van der Waals surface area (Å²) < 4.78 is 68.7. The lowest BCUT2D eigenvalue weighted by atomic mass is 10.0. The van der Waals surface area contributed by atoms with Crippen LogP contribution in [0.25, 0.3) is 0 Å². The van der Waals surface area contributed by atoms with Crippen molar-refractivity contribution in [2.24, 2.45) is 5.92 Å². The molecule has 0 aromatic rings. The van der Waals surface area contributed by atoms with Gasteiger partial charge in [-0.2, -0.15) is 0 Å². The van der Waals surface area contributed by atoms with Gasteiger partial charge >= 0.3 is 39.5 Å². The van der Waals surface area contributed by atoms with E-state index in [-0.39, 0.29) is 25.7 Å². The number of aliphatic hydroxyl groups excluding tert-OH is 1. The van der Waals surface area contributed by atoms with Crippen molar-refractivity contribution in [1.82, 2.24) is 0 Å². The summed E-state index contributed by atoms with van der Waals surface area (Å²) in [6.07, 6.45) is 65.4. The van der Waals surface area contributed by atoms with Crippen LogP contribution in [0.15, 0.2) is 0 Å². The second-order valence-electron chi connectivity index (χ2n) is 29.6. The fourth-order valence-electron chi connectivity index (χ4n) is 12.6. The van der Waals surface area contributed by atoms with Crippen molar-refractivity contribution in [2.75, 3.05) is 39.6 Å². The van der Waals surface area contributed by atoms with E-state index >= 15 is 0 Å². The Morgan fingerprint density at radius 1 is 0.270 bits per heavy atom. The average Bonchev–Trinajstić information content (AvgIpc) is 0.917. The molecule has 0 radical (unpaired) electrons. The monoisotopic (exact) mass is 1470 g/mol. The van der Waals surface area contributed by atoms with Gasteiger partial charge in [0.1, 0.15) is 19.3 Å². The third-order valence-electron chi connectivity index (χ3n) is 19.0. The highest BCUT2D eigenvalue weighted by Crippen LogP contribution is 2.45. The molecule has 0 aromatic heterocycles. The Bertz CT molecular complexity index is 1910. The molecule has 5 atom stereocenters. The number of phosphoric acid groups is 2. The van der Waals surface area contributed by atoms with Crippen LogP contribution in [0.3, 0.4) is 0 Å².